The molecule has 4 heteroatoms. The van der Waals surface area contributed by atoms with Crippen LogP contribution in [0.2, 0.25) is 0 Å². The Balaban J connectivity index is 0.000000847. The third-order valence-electron chi connectivity index (χ3n) is 3.17. The van der Waals surface area contributed by atoms with Gasteiger partial charge in [0.25, 0.3) is 5.91 Å². The molecule has 0 saturated heterocycles. The van der Waals surface area contributed by atoms with Gasteiger partial charge < -0.3 is 5.11 Å². The lowest BCUT2D eigenvalue weighted by Crippen LogP contribution is -2.21. The molecule has 0 radical (unpaired) electrons. The zero-order valence-corrected chi connectivity index (χ0v) is 12.6. The summed E-state index contributed by atoms with van der Waals surface area (Å²) >= 11 is 0. The van der Waals surface area contributed by atoms with Gasteiger partial charge in [-0.1, -0.05) is 48.5 Å². The molecule has 1 amide bonds. The minimum absolute atomic E-state index is 0.0856. The van der Waals surface area contributed by atoms with E-state index in [1.807, 2.05) is 73.7 Å². The molecule has 0 atom stereocenters. The van der Waals surface area contributed by atoms with Crippen LogP contribution < -0.4 is 5.01 Å². The van der Waals surface area contributed by atoms with E-state index in [9.17, 15) is 4.79 Å². The fourth-order valence-electron chi connectivity index (χ4n) is 2.14. The minimum Gasteiger partial charge on any atom is -0.400 e. The predicted octanol–water partition coefficient (Wildman–Crippen LogP) is 3.10. The summed E-state index contributed by atoms with van der Waals surface area (Å²) in [6.45, 7) is 1.86. The molecule has 1 aliphatic heterocycles. The van der Waals surface area contributed by atoms with Crippen LogP contribution in [0.25, 0.3) is 6.08 Å². The van der Waals surface area contributed by atoms with Crippen LogP contribution in [-0.4, -0.2) is 23.8 Å². The van der Waals surface area contributed by atoms with Gasteiger partial charge in [-0.05, 0) is 30.7 Å². The highest BCUT2D eigenvalue weighted by Gasteiger charge is 2.28. The molecule has 22 heavy (non-hydrogen) atoms. The molecule has 0 aliphatic carbocycles. The summed E-state index contributed by atoms with van der Waals surface area (Å²) in [5.41, 5.74) is 3.16. The maximum absolute atomic E-state index is 12.5. The number of rotatable bonds is 2. The Kier molecular flexibility index (Phi) is 5.22. The minimum atomic E-state index is -0.0856. The van der Waals surface area contributed by atoms with Gasteiger partial charge in [-0.2, -0.15) is 10.1 Å². The Bertz CT molecular complexity index is 692. The van der Waals surface area contributed by atoms with E-state index in [0.29, 0.717) is 5.57 Å². The summed E-state index contributed by atoms with van der Waals surface area (Å²) in [4.78, 5) is 12.5. The fraction of sp³-hybridized carbons (Fsp3) is 0.111. The largest absolute Gasteiger partial charge is 0.400 e. The van der Waals surface area contributed by atoms with Crippen LogP contribution in [0.15, 0.2) is 71.3 Å². The molecule has 0 spiro atoms. The maximum Gasteiger partial charge on any atom is 0.280 e. The van der Waals surface area contributed by atoms with Crippen molar-refractivity contribution in [3.8, 4) is 0 Å². The lowest BCUT2D eigenvalue weighted by atomic mass is 10.1. The lowest BCUT2D eigenvalue weighted by molar-refractivity contribution is -0.114. The van der Waals surface area contributed by atoms with E-state index < -0.39 is 0 Å². The zero-order valence-electron chi connectivity index (χ0n) is 12.6. The van der Waals surface area contributed by atoms with E-state index in [-0.39, 0.29) is 5.91 Å². The number of aliphatic hydroxyl groups is 1. The zero-order chi connectivity index (χ0) is 15.9. The number of amides is 1. The van der Waals surface area contributed by atoms with Gasteiger partial charge in [0, 0.05) is 7.11 Å². The Labute approximate surface area is 130 Å². The molecule has 0 aromatic heterocycles. The summed E-state index contributed by atoms with van der Waals surface area (Å²) < 4.78 is 0. The molecule has 1 aliphatic rings. The topological polar surface area (TPSA) is 52.9 Å². The van der Waals surface area contributed by atoms with Gasteiger partial charge in [0.2, 0.25) is 0 Å². The van der Waals surface area contributed by atoms with Gasteiger partial charge in [0.1, 0.15) is 0 Å². The molecule has 0 bridgehead atoms. The van der Waals surface area contributed by atoms with Crippen LogP contribution in [-0.2, 0) is 4.79 Å². The highest BCUT2D eigenvalue weighted by molar-refractivity contribution is 6.32. The van der Waals surface area contributed by atoms with Crippen molar-refractivity contribution in [2.45, 2.75) is 6.92 Å². The molecule has 2 aromatic rings. The fourth-order valence-corrected chi connectivity index (χ4v) is 2.14. The van der Waals surface area contributed by atoms with Crippen molar-refractivity contribution < 1.29 is 9.90 Å². The summed E-state index contributed by atoms with van der Waals surface area (Å²) in [5, 5.41) is 12.8. The predicted molar refractivity (Wildman–Crippen MR) is 89.6 cm³/mol. The monoisotopic (exact) mass is 294 g/mol. The third-order valence-corrected chi connectivity index (χ3v) is 3.17. The summed E-state index contributed by atoms with van der Waals surface area (Å²) in [6, 6.07) is 19.3. The van der Waals surface area contributed by atoms with Crippen molar-refractivity contribution in [3.63, 3.8) is 0 Å². The van der Waals surface area contributed by atoms with Crippen LogP contribution in [0.1, 0.15) is 12.5 Å². The van der Waals surface area contributed by atoms with Crippen LogP contribution in [0, 0.1) is 0 Å². The first-order chi connectivity index (χ1) is 10.8. The first kappa shape index (κ1) is 15.7. The number of aliphatic hydroxyl groups excluding tert-OH is 1. The molecule has 112 valence electrons. The van der Waals surface area contributed by atoms with Crippen LogP contribution in [0.5, 0.6) is 0 Å². The highest BCUT2D eigenvalue weighted by Crippen LogP contribution is 2.24. The Morgan fingerprint density at radius 3 is 2.09 bits per heavy atom. The van der Waals surface area contributed by atoms with Crippen molar-refractivity contribution in [3.05, 3.63) is 71.8 Å². The molecule has 0 unspecified atom stereocenters. The van der Waals surface area contributed by atoms with Gasteiger partial charge in [0.15, 0.2) is 0 Å². The summed E-state index contributed by atoms with van der Waals surface area (Å²) in [5.74, 6) is -0.0856. The number of hydrogen-bond acceptors (Lipinski definition) is 3. The van der Waals surface area contributed by atoms with Crippen molar-refractivity contribution >= 4 is 23.4 Å². The molecule has 3 rings (SSSR count). The summed E-state index contributed by atoms with van der Waals surface area (Å²) in [7, 11) is 1.00. The molecular weight excluding hydrogens is 276 g/mol. The second-order valence-corrected chi connectivity index (χ2v) is 4.61. The van der Waals surface area contributed by atoms with Gasteiger partial charge in [-0.15, -0.1) is 0 Å². The van der Waals surface area contributed by atoms with E-state index in [4.69, 9.17) is 5.11 Å². The van der Waals surface area contributed by atoms with E-state index in [2.05, 4.69) is 5.10 Å². The number of anilines is 1. The molecule has 1 N–H and O–H groups in total. The lowest BCUT2D eigenvalue weighted by Gasteiger charge is -2.10. The molecule has 2 aromatic carbocycles. The van der Waals surface area contributed by atoms with Gasteiger partial charge >= 0.3 is 0 Å². The quantitative estimate of drug-likeness (QED) is 0.865. The normalized spacial score (nSPS) is 15.4. The smallest absolute Gasteiger partial charge is 0.280 e. The number of hydrogen-bond donors (Lipinski definition) is 1. The SMILES string of the molecule is CC1=NN(c2ccccc2)C(=O)/C1=C/c1ccccc1.CO. The van der Waals surface area contributed by atoms with E-state index in [0.717, 1.165) is 24.1 Å². The molecule has 4 nitrogen and oxygen atoms in total. The summed E-state index contributed by atoms with van der Waals surface area (Å²) in [6.07, 6.45) is 1.88. The third kappa shape index (κ3) is 3.30. The molecule has 1 heterocycles. The van der Waals surface area contributed by atoms with Gasteiger partial charge in [0.05, 0.1) is 17.0 Å². The first-order valence-corrected chi connectivity index (χ1v) is 6.92. The van der Waals surface area contributed by atoms with E-state index >= 15 is 0 Å². The van der Waals surface area contributed by atoms with Crippen molar-refractivity contribution in [1.82, 2.24) is 0 Å². The molecular formula is C18H18N2O2. The van der Waals surface area contributed by atoms with E-state index in [1.54, 1.807) is 0 Å². The second kappa shape index (κ2) is 7.33. The van der Waals surface area contributed by atoms with Gasteiger partial charge in [-0.25, -0.2) is 0 Å². The van der Waals surface area contributed by atoms with Crippen LogP contribution >= 0.6 is 0 Å². The maximum atomic E-state index is 12.5. The Morgan fingerprint density at radius 1 is 0.955 bits per heavy atom. The van der Waals surface area contributed by atoms with Crippen molar-refractivity contribution in [1.29, 1.82) is 0 Å². The van der Waals surface area contributed by atoms with Gasteiger partial charge in [-0.3, -0.25) is 4.79 Å². The molecule has 0 saturated carbocycles. The Morgan fingerprint density at radius 2 is 1.50 bits per heavy atom. The number of para-hydroxylation sites is 1. The van der Waals surface area contributed by atoms with Crippen LogP contribution in [0.3, 0.4) is 0 Å². The second-order valence-electron chi connectivity index (χ2n) is 4.61. The van der Waals surface area contributed by atoms with Crippen molar-refractivity contribution in [2.75, 3.05) is 12.1 Å². The average molecular weight is 294 g/mol. The van der Waals surface area contributed by atoms with Crippen molar-refractivity contribution in [2.24, 2.45) is 5.10 Å². The van der Waals surface area contributed by atoms with Crippen LogP contribution in [0.4, 0.5) is 5.69 Å². The first-order valence-electron chi connectivity index (χ1n) is 6.92. The number of hydrazone groups is 1. The number of benzene rings is 2. The highest BCUT2D eigenvalue weighted by atomic mass is 16.2. The number of carbonyl (C=O) groups is 1. The van der Waals surface area contributed by atoms with E-state index in [1.165, 1.54) is 5.01 Å². The standard InChI is InChI=1S/C17H14N2O.CH4O/c1-13-16(12-14-8-4-2-5-9-14)17(20)19(18-13)15-10-6-3-7-11-15;1-2/h2-12H,1H3;2H,1H3/b16-12+;. The average Bonchev–Trinajstić information content (AvgIpc) is 2.87. The number of carbonyl (C=O) groups excluding carboxylic acids is 1. The molecule has 0 fully saturated rings. The Hall–Kier alpha value is -2.72. The number of nitrogens with zero attached hydrogens (tertiary/aromatic N) is 2.